The number of carboxylic acids is 1. The van der Waals surface area contributed by atoms with Gasteiger partial charge in [0.05, 0.1) is 4.88 Å². The molecule has 0 unspecified atom stereocenters. The molecule has 1 aliphatic rings. The normalized spacial score (nSPS) is 15.0. The molecule has 1 aliphatic carbocycles. The number of nitrogens with one attached hydrogen (secondary N) is 1. The fraction of sp³-hybridized carbons (Fsp3) is 0.538. The van der Waals surface area contributed by atoms with E-state index in [4.69, 9.17) is 5.11 Å². The van der Waals surface area contributed by atoms with E-state index < -0.39 is 12.0 Å². The van der Waals surface area contributed by atoms with Gasteiger partial charge in [0.1, 0.15) is 6.04 Å². The van der Waals surface area contributed by atoms with Gasteiger partial charge in [-0.2, -0.15) is 11.8 Å². The number of fused-ring (bicyclic) bond motifs is 1. The fourth-order valence-corrected chi connectivity index (χ4v) is 3.79. The molecule has 0 spiro atoms. The summed E-state index contributed by atoms with van der Waals surface area (Å²) in [6.07, 6.45) is 5.61. The third kappa shape index (κ3) is 3.51. The Hall–Kier alpha value is -1.01. The van der Waals surface area contributed by atoms with Crippen LogP contribution in [0.5, 0.6) is 0 Å². The van der Waals surface area contributed by atoms with Crippen molar-refractivity contribution in [1.29, 1.82) is 0 Å². The number of carbonyl (C=O) groups excluding carboxylic acids is 1. The van der Waals surface area contributed by atoms with Crippen LogP contribution >= 0.6 is 23.1 Å². The lowest BCUT2D eigenvalue weighted by molar-refractivity contribution is -0.139. The van der Waals surface area contributed by atoms with E-state index in [-0.39, 0.29) is 5.91 Å². The second-order valence-electron chi connectivity index (χ2n) is 4.56. The highest BCUT2D eigenvalue weighted by atomic mass is 32.2. The quantitative estimate of drug-likeness (QED) is 0.845. The molecule has 2 rings (SSSR count). The summed E-state index contributed by atoms with van der Waals surface area (Å²) in [6, 6.07) is 1.12. The molecule has 0 aromatic carbocycles. The van der Waals surface area contributed by atoms with Crippen LogP contribution in [0.15, 0.2) is 6.07 Å². The number of hydrogen-bond acceptors (Lipinski definition) is 4. The Kier molecular flexibility index (Phi) is 4.87. The second-order valence-corrected chi connectivity index (χ2v) is 6.68. The number of rotatable bonds is 6. The summed E-state index contributed by atoms with van der Waals surface area (Å²) in [7, 11) is 0. The number of aryl methyl sites for hydroxylation is 2. The highest BCUT2D eigenvalue weighted by molar-refractivity contribution is 7.98. The van der Waals surface area contributed by atoms with Gasteiger partial charge in [-0.3, -0.25) is 4.79 Å². The minimum Gasteiger partial charge on any atom is -0.480 e. The number of aliphatic carboxylic acids is 1. The molecule has 1 aromatic heterocycles. The third-order valence-electron chi connectivity index (χ3n) is 3.18. The van der Waals surface area contributed by atoms with Crippen LogP contribution in [-0.4, -0.2) is 35.0 Å². The van der Waals surface area contributed by atoms with Crippen LogP contribution < -0.4 is 5.32 Å². The monoisotopic (exact) mass is 299 g/mol. The predicted molar refractivity (Wildman–Crippen MR) is 78.2 cm³/mol. The topological polar surface area (TPSA) is 66.4 Å². The van der Waals surface area contributed by atoms with Crippen molar-refractivity contribution in [2.75, 3.05) is 12.0 Å². The number of thioether (sulfide) groups is 1. The van der Waals surface area contributed by atoms with E-state index in [1.165, 1.54) is 21.8 Å². The van der Waals surface area contributed by atoms with Crippen LogP contribution in [0.2, 0.25) is 0 Å². The molecular weight excluding hydrogens is 282 g/mol. The zero-order chi connectivity index (χ0) is 13.8. The standard InChI is InChI=1S/C13H17NO3S2/c1-18-6-5-9(13(16)17)14-12(15)11-7-8-3-2-4-10(8)19-11/h7,9H,2-6H2,1H3,(H,14,15)(H,16,17)/t9-/m1/s1. The Morgan fingerprint density at radius 3 is 2.95 bits per heavy atom. The van der Waals surface area contributed by atoms with Crippen LogP contribution in [0.25, 0.3) is 0 Å². The molecule has 0 radical (unpaired) electrons. The molecule has 4 nitrogen and oxygen atoms in total. The first-order chi connectivity index (χ1) is 9.11. The largest absolute Gasteiger partial charge is 0.480 e. The summed E-state index contributed by atoms with van der Waals surface area (Å²) < 4.78 is 0. The average molecular weight is 299 g/mol. The van der Waals surface area contributed by atoms with Crippen molar-refractivity contribution in [3.05, 3.63) is 21.4 Å². The fourth-order valence-electron chi connectivity index (χ4n) is 2.16. The van der Waals surface area contributed by atoms with Gasteiger partial charge < -0.3 is 10.4 Å². The zero-order valence-corrected chi connectivity index (χ0v) is 12.4. The summed E-state index contributed by atoms with van der Waals surface area (Å²) in [6.45, 7) is 0. The van der Waals surface area contributed by atoms with Crippen molar-refractivity contribution in [3.8, 4) is 0 Å². The summed E-state index contributed by atoms with van der Waals surface area (Å²) in [4.78, 5) is 25.1. The first-order valence-corrected chi connectivity index (χ1v) is 8.47. The molecule has 0 bridgehead atoms. The van der Waals surface area contributed by atoms with E-state index >= 15 is 0 Å². The smallest absolute Gasteiger partial charge is 0.326 e. The lowest BCUT2D eigenvalue weighted by Gasteiger charge is -2.13. The summed E-state index contributed by atoms with van der Waals surface area (Å²) in [5, 5.41) is 11.7. The number of carboxylic acid groups (broad SMARTS) is 1. The number of hydrogen-bond donors (Lipinski definition) is 2. The van der Waals surface area contributed by atoms with Crippen molar-refractivity contribution in [2.24, 2.45) is 0 Å². The minimum atomic E-state index is -0.966. The van der Waals surface area contributed by atoms with Crippen LogP contribution in [0.4, 0.5) is 0 Å². The minimum absolute atomic E-state index is 0.257. The van der Waals surface area contributed by atoms with Gasteiger partial charge in [-0.05, 0) is 49.3 Å². The molecular formula is C13H17NO3S2. The van der Waals surface area contributed by atoms with Crippen molar-refractivity contribution < 1.29 is 14.7 Å². The molecule has 6 heteroatoms. The maximum absolute atomic E-state index is 12.1. The molecule has 1 amide bonds. The third-order valence-corrected chi connectivity index (χ3v) is 5.06. The Labute approximate surface area is 120 Å². The van der Waals surface area contributed by atoms with Crippen LogP contribution in [-0.2, 0) is 17.6 Å². The molecule has 19 heavy (non-hydrogen) atoms. The Morgan fingerprint density at radius 2 is 2.32 bits per heavy atom. The number of amides is 1. The van der Waals surface area contributed by atoms with Gasteiger partial charge in [-0.15, -0.1) is 11.3 Å². The van der Waals surface area contributed by atoms with Gasteiger partial charge in [0.2, 0.25) is 0 Å². The van der Waals surface area contributed by atoms with Crippen molar-refractivity contribution in [3.63, 3.8) is 0 Å². The second kappa shape index (κ2) is 6.43. The Balaban J connectivity index is 1.99. The van der Waals surface area contributed by atoms with Crippen molar-refractivity contribution in [2.45, 2.75) is 31.7 Å². The Bertz CT molecular complexity index is 463. The molecule has 0 aliphatic heterocycles. The van der Waals surface area contributed by atoms with Crippen LogP contribution in [0.3, 0.4) is 0 Å². The molecule has 2 N–H and O–H groups in total. The maximum Gasteiger partial charge on any atom is 0.326 e. The first kappa shape index (κ1) is 14.4. The van der Waals surface area contributed by atoms with E-state index in [1.54, 1.807) is 11.8 Å². The van der Waals surface area contributed by atoms with Gasteiger partial charge >= 0.3 is 5.97 Å². The lowest BCUT2D eigenvalue weighted by atomic mass is 10.2. The van der Waals surface area contributed by atoms with E-state index in [0.29, 0.717) is 11.3 Å². The molecule has 0 fully saturated rings. The van der Waals surface area contributed by atoms with E-state index in [2.05, 4.69) is 5.32 Å². The number of thiophene rings is 1. The molecule has 0 saturated carbocycles. The van der Waals surface area contributed by atoms with Gasteiger partial charge in [0.15, 0.2) is 0 Å². The molecule has 0 saturated heterocycles. The average Bonchev–Trinajstić information content (AvgIpc) is 2.94. The van der Waals surface area contributed by atoms with Crippen molar-refractivity contribution >= 4 is 35.0 Å². The van der Waals surface area contributed by atoms with Gasteiger partial charge in [0, 0.05) is 4.88 Å². The van der Waals surface area contributed by atoms with Gasteiger partial charge in [-0.25, -0.2) is 4.79 Å². The predicted octanol–water partition coefficient (Wildman–Crippen LogP) is 2.17. The summed E-state index contributed by atoms with van der Waals surface area (Å²) in [5.41, 5.74) is 1.26. The molecule has 1 atom stereocenters. The van der Waals surface area contributed by atoms with E-state index in [0.717, 1.165) is 25.0 Å². The Morgan fingerprint density at radius 1 is 1.53 bits per heavy atom. The van der Waals surface area contributed by atoms with Crippen LogP contribution in [0, 0.1) is 0 Å². The summed E-state index contributed by atoms with van der Waals surface area (Å²) >= 11 is 3.08. The molecule has 1 heterocycles. The maximum atomic E-state index is 12.1. The number of carbonyl (C=O) groups is 2. The SMILES string of the molecule is CSCC[C@@H](NC(=O)c1cc2c(s1)CCC2)C(=O)O. The van der Waals surface area contributed by atoms with E-state index in [9.17, 15) is 9.59 Å². The highest BCUT2D eigenvalue weighted by Gasteiger charge is 2.23. The lowest BCUT2D eigenvalue weighted by Crippen LogP contribution is -2.40. The molecule has 104 valence electrons. The first-order valence-electron chi connectivity index (χ1n) is 6.26. The van der Waals surface area contributed by atoms with Crippen molar-refractivity contribution in [1.82, 2.24) is 5.32 Å². The van der Waals surface area contributed by atoms with Crippen LogP contribution in [0.1, 0.15) is 33.0 Å². The zero-order valence-electron chi connectivity index (χ0n) is 10.8. The molecule has 1 aromatic rings. The van der Waals surface area contributed by atoms with Gasteiger partial charge in [-0.1, -0.05) is 0 Å². The van der Waals surface area contributed by atoms with Gasteiger partial charge in [0.25, 0.3) is 5.91 Å². The van der Waals surface area contributed by atoms with E-state index in [1.807, 2.05) is 12.3 Å². The summed E-state index contributed by atoms with van der Waals surface area (Å²) in [5.74, 6) is -0.502. The highest BCUT2D eigenvalue weighted by Crippen LogP contribution is 2.30.